The second kappa shape index (κ2) is 7.34. The summed E-state index contributed by atoms with van der Waals surface area (Å²) in [6.07, 6.45) is 0. The lowest BCUT2D eigenvalue weighted by Crippen LogP contribution is -2.28. The third-order valence-electron chi connectivity index (χ3n) is 5.59. The number of benzene rings is 2. The smallest absolute Gasteiger partial charge is 0.0904 e. The Bertz CT molecular complexity index is 740. The molecule has 0 spiro atoms. The highest BCUT2D eigenvalue weighted by Gasteiger charge is 2.27. The molecule has 2 nitrogen and oxygen atoms in total. The maximum Gasteiger partial charge on any atom is 0.0904 e. The van der Waals surface area contributed by atoms with Crippen molar-refractivity contribution in [3.05, 3.63) is 58.1 Å². The van der Waals surface area contributed by atoms with Crippen molar-refractivity contribution in [2.24, 2.45) is 0 Å². The number of aryl methyl sites for hydroxylation is 3. The summed E-state index contributed by atoms with van der Waals surface area (Å²) in [5, 5.41) is 0. The van der Waals surface area contributed by atoms with Gasteiger partial charge in [-0.05, 0) is 54.9 Å². The van der Waals surface area contributed by atoms with Gasteiger partial charge in [0.15, 0.2) is 0 Å². The maximum absolute atomic E-state index is 2.60. The molecule has 0 bridgehead atoms. The SMILES string of the molecule is Cc1cc(C)c(N2CCN(c3c(C(C)C)cccc3C(C)C)C2)c(C)c1. The Hall–Kier alpha value is -1.96. The molecule has 1 fully saturated rings. The molecular weight excluding hydrogens is 316 g/mol. The third-order valence-corrected chi connectivity index (χ3v) is 5.59. The zero-order chi connectivity index (χ0) is 19.0. The minimum Gasteiger partial charge on any atom is -0.352 e. The van der Waals surface area contributed by atoms with Gasteiger partial charge >= 0.3 is 0 Å². The first-order valence-corrected chi connectivity index (χ1v) is 10.00. The van der Waals surface area contributed by atoms with Crippen LogP contribution in [0, 0.1) is 20.8 Å². The lowest BCUT2D eigenvalue weighted by atomic mass is 9.92. The van der Waals surface area contributed by atoms with Crippen LogP contribution in [0.4, 0.5) is 11.4 Å². The normalized spacial score (nSPS) is 14.8. The highest BCUT2D eigenvalue weighted by Crippen LogP contribution is 2.38. The minimum atomic E-state index is 0.542. The number of nitrogens with zero attached hydrogens (tertiary/aromatic N) is 2. The zero-order valence-electron chi connectivity index (χ0n) is 17.6. The highest BCUT2D eigenvalue weighted by atomic mass is 15.4. The molecule has 2 heteroatoms. The molecule has 1 aliphatic rings. The Kier molecular flexibility index (Phi) is 5.32. The number of anilines is 2. The van der Waals surface area contributed by atoms with Crippen LogP contribution in [-0.2, 0) is 0 Å². The molecule has 0 aliphatic carbocycles. The third kappa shape index (κ3) is 3.47. The molecule has 0 amide bonds. The van der Waals surface area contributed by atoms with Crippen molar-refractivity contribution in [2.45, 2.75) is 60.3 Å². The van der Waals surface area contributed by atoms with E-state index in [4.69, 9.17) is 0 Å². The summed E-state index contributed by atoms with van der Waals surface area (Å²) in [6.45, 7) is 19.1. The summed E-state index contributed by atoms with van der Waals surface area (Å²) in [5.41, 5.74) is 10.0. The van der Waals surface area contributed by atoms with Crippen molar-refractivity contribution in [1.82, 2.24) is 0 Å². The average Bonchev–Trinajstić information content (AvgIpc) is 3.02. The van der Waals surface area contributed by atoms with Gasteiger partial charge in [0.25, 0.3) is 0 Å². The van der Waals surface area contributed by atoms with Crippen LogP contribution >= 0.6 is 0 Å². The van der Waals surface area contributed by atoms with E-state index in [1.165, 1.54) is 39.2 Å². The fourth-order valence-electron chi connectivity index (χ4n) is 4.50. The van der Waals surface area contributed by atoms with Crippen molar-refractivity contribution in [3.63, 3.8) is 0 Å². The standard InChI is InChI=1S/C24H34N2/c1-16(2)21-9-8-10-22(17(3)4)24(21)26-12-11-25(15-26)23-19(6)13-18(5)14-20(23)7/h8-10,13-14,16-17H,11-12,15H2,1-7H3. The Morgan fingerprint density at radius 3 is 1.65 bits per heavy atom. The van der Waals surface area contributed by atoms with E-state index in [2.05, 4.69) is 88.6 Å². The second-order valence-corrected chi connectivity index (χ2v) is 8.51. The maximum atomic E-state index is 2.60. The van der Waals surface area contributed by atoms with E-state index in [1.54, 1.807) is 0 Å². The van der Waals surface area contributed by atoms with Crippen LogP contribution in [0.2, 0.25) is 0 Å². The molecule has 0 radical (unpaired) electrons. The van der Waals surface area contributed by atoms with Gasteiger partial charge in [-0.1, -0.05) is 63.6 Å². The van der Waals surface area contributed by atoms with E-state index in [1.807, 2.05) is 0 Å². The fourth-order valence-corrected chi connectivity index (χ4v) is 4.50. The Morgan fingerprint density at radius 1 is 0.731 bits per heavy atom. The number of hydrogen-bond donors (Lipinski definition) is 0. The molecule has 26 heavy (non-hydrogen) atoms. The quantitative estimate of drug-likeness (QED) is 0.653. The molecule has 0 unspecified atom stereocenters. The van der Waals surface area contributed by atoms with Crippen molar-refractivity contribution in [2.75, 3.05) is 29.6 Å². The second-order valence-electron chi connectivity index (χ2n) is 8.51. The fraction of sp³-hybridized carbons (Fsp3) is 0.500. The first-order valence-electron chi connectivity index (χ1n) is 10.00. The van der Waals surface area contributed by atoms with Gasteiger partial charge in [-0.25, -0.2) is 0 Å². The molecule has 1 heterocycles. The van der Waals surface area contributed by atoms with Gasteiger partial charge in [-0.15, -0.1) is 0 Å². The minimum absolute atomic E-state index is 0.542. The molecule has 1 aliphatic heterocycles. The van der Waals surface area contributed by atoms with Gasteiger partial charge in [0.2, 0.25) is 0 Å². The molecule has 0 N–H and O–H groups in total. The van der Waals surface area contributed by atoms with E-state index in [-0.39, 0.29) is 0 Å². The molecule has 0 saturated carbocycles. The topological polar surface area (TPSA) is 6.48 Å². The van der Waals surface area contributed by atoms with Gasteiger partial charge in [-0.2, -0.15) is 0 Å². The predicted molar refractivity (Wildman–Crippen MR) is 115 cm³/mol. The molecule has 1 saturated heterocycles. The first kappa shape index (κ1) is 18.8. The summed E-state index contributed by atoms with van der Waals surface area (Å²) >= 11 is 0. The largest absolute Gasteiger partial charge is 0.352 e. The summed E-state index contributed by atoms with van der Waals surface area (Å²) in [6, 6.07) is 11.5. The first-order chi connectivity index (χ1) is 12.3. The van der Waals surface area contributed by atoms with Gasteiger partial charge in [0, 0.05) is 24.5 Å². The van der Waals surface area contributed by atoms with Gasteiger partial charge in [-0.3, -0.25) is 0 Å². The lowest BCUT2D eigenvalue weighted by Gasteiger charge is -2.29. The summed E-state index contributed by atoms with van der Waals surface area (Å²) in [4.78, 5) is 5.16. The molecule has 3 rings (SSSR count). The van der Waals surface area contributed by atoms with Crippen LogP contribution in [0.5, 0.6) is 0 Å². The van der Waals surface area contributed by atoms with Crippen LogP contribution < -0.4 is 9.80 Å². The zero-order valence-corrected chi connectivity index (χ0v) is 17.6. The summed E-state index contributed by atoms with van der Waals surface area (Å²) in [7, 11) is 0. The summed E-state index contributed by atoms with van der Waals surface area (Å²) in [5.74, 6) is 1.08. The van der Waals surface area contributed by atoms with Gasteiger partial charge in [0.1, 0.15) is 0 Å². The van der Waals surface area contributed by atoms with Crippen LogP contribution in [0.15, 0.2) is 30.3 Å². The van der Waals surface area contributed by atoms with Crippen LogP contribution in [0.25, 0.3) is 0 Å². The molecular formula is C24H34N2. The molecule has 2 aromatic rings. The van der Waals surface area contributed by atoms with E-state index in [0.717, 1.165) is 19.8 Å². The van der Waals surface area contributed by atoms with Crippen LogP contribution in [0.3, 0.4) is 0 Å². The van der Waals surface area contributed by atoms with E-state index < -0.39 is 0 Å². The lowest BCUT2D eigenvalue weighted by molar-refractivity contribution is 0.807. The molecule has 2 aromatic carbocycles. The van der Waals surface area contributed by atoms with E-state index in [0.29, 0.717) is 11.8 Å². The molecule has 0 atom stereocenters. The van der Waals surface area contributed by atoms with E-state index in [9.17, 15) is 0 Å². The van der Waals surface area contributed by atoms with Crippen molar-refractivity contribution in [1.29, 1.82) is 0 Å². The van der Waals surface area contributed by atoms with Crippen molar-refractivity contribution in [3.8, 4) is 0 Å². The van der Waals surface area contributed by atoms with Gasteiger partial charge in [0.05, 0.1) is 6.67 Å². The molecule has 0 aromatic heterocycles. The Balaban J connectivity index is 1.97. The van der Waals surface area contributed by atoms with Crippen molar-refractivity contribution >= 4 is 11.4 Å². The average molecular weight is 351 g/mol. The van der Waals surface area contributed by atoms with Gasteiger partial charge < -0.3 is 9.80 Å². The number of hydrogen-bond acceptors (Lipinski definition) is 2. The van der Waals surface area contributed by atoms with E-state index >= 15 is 0 Å². The molecule has 140 valence electrons. The number of rotatable bonds is 4. The Morgan fingerprint density at radius 2 is 1.19 bits per heavy atom. The monoisotopic (exact) mass is 350 g/mol. The van der Waals surface area contributed by atoms with Crippen LogP contribution in [0.1, 0.15) is 67.3 Å². The van der Waals surface area contributed by atoms with Crippen LogP contribution in [-0.4, -0.2) is 19.8 Å². The van der Waals surface area contributed by atoms with Crippen molar-refractivity contribution < 1.29 is 0 Å². The highest BCUT2D eigenvalue weighted by molar-refractivity contribution is 5.67. The summed E-state index contributed by atoms with van der Waals surface area (Å²) < 4.78 is 0. The Labute approximate surface area is 159 Å². The predicted octanol–water partition coefficient (Wildman–Crippen LogP) is 6.14. The number of para-hydroxylation sites is 1.